The maximum Gasteiger partial charge on any atom is 0.433 e. The van der Waals surface area contributed by atoms with Crippen LogP contribution in [0, 0.1) is 5.92 Å². The summed E-state index contributed by atoms with van der Waals surface area (Å²) in [5.41, 5.74) is -1.24. The van der Waals surface area contributed by atoms with Gasteiger partial charge < -0.3 is 19.9 Å². The lowest BCUT2D eigenvalue weighted by molar-refractivity contribution is -0.141. The van der Waals surface area contributed by atoms with Crippen LogP contribution in [0.4, 0.5) is 18.9 Å². The van der Waals surface area contributed by atoms with Crippen molar-refractivity contribution in [2.75, 3.05) is 18.5 Å². The number of benzene rings is 1. The Hall–Kier alpha value is -3.18. The number of hydrogen-bond acceptors (Lipinski definition) is 6. The summed E-state index contributed by atoms with van der Waals surface area (Å²) in [6.45, 7) is 4.73. The number of halogens is 3. The van der Waals surface area contributed by atoms with Gasteiger partial charge in [-0.1, -0.05) is 6.07 Å². The van der Waals surface area contributed by atoms with Gasteiger partial charge in [-0.2, -0.15) is 18.3 Å². The summed E-state index contributed by atoms with van der Waals surface area (Å²) >= 11 is 0. The van der Waals surface area contributed by atoms with Crippen LogP contribution in [0.25, 0.3) is 10.9 Å². The Morgan fingerprint density at radius 3 is 2.59 bits per heavy atom. The van der Waals surface area contributed by atoms with Gasteiger partial charge in [-0.3, -0.25) is 9.48 Å². The van der Waals surface area contributed by atoms with Crippen molar-refractivity contribution in [3.05, 3.63) is 47.9 Å². The summed E-state index contributed by atoms with van der Waals surface area (Å²) in [5, 5.41) is 18.4. The van der Waals surface area contributed by atoms with E-state index in [-0.39, 0.29) is 23.8 Å². The molecule has 3 aromatic rings. The zero-order valence-corrected chi connectivity index (χ0v) is 20.6. The SMILES string of the molecule is CC(C)(O)C1CC(n2cc3cc(NC(=O)c4cccc(C(F)(F)F)n4)c(OC4CCOCC4)cc3n2)C1. The zero-order valence-electron chi connectivity index (χ0n) is 20.6. The van der Waals surface area contributed by atoms with Gasteiger partial charge in [0.2, 0.25) is 0 Å². The van der Waals surface area contributed by atoms with Crippen LogP contribution >= 0.6 is 0 Å². The first-order chi connectivity index (χ1) is 17.5. The number of nitrogens with one attached hydrogen (secondary N) is 1. The number of pyridine rings is 1. The molecule has 0 atom stereocenters. The highest BCUT2D eigenvalue weighted by atomic mass is 19.4. The fourth-order valence-corrected chi connectivity index (χ4v) is 4.71. The summed E-state index contributed by atoms with van der Waals surface area (Å²) in [7, 11) is 0. The van der Waals surface area contributed by atoms with Crippen molar-refractivity contribution >= 4 is 22.5 Å². The Balaban J connectivity index is 1.43. The van der Waals surface area contributed by atoms with E-state index in [1.54, 1.807) is 12.1 Å². The highest BCUT2D eigenvalue weighted by Crippen LogP contribution is 2.44. The first kappa shape index (κ1) is 25.5. The van der Waals surface area contributed by atoms with Crippen LogP contribution in [0.3, 0.4) is 0 Å². The van der Waals surface area contributed by atoms with Crippen molar-refractivity contribution in [3.63, 3.8) is 0 Å². The van der Waals surface area contributed by atoms with E-state index in [1.807, 2.05) is 24.7 Å². The number of aromatic nitrogens is 3. The maximum atomic E-state index is 13.1. The van der Waals surface area contributed by atoms with Gasteiger partial charge in [-0.05, 0) is 50.8 Å². The van der Waals surface area contributed by atoms with Crippen molar-refractivity contribution in [1.82, 2.24) is 14.8 Å². The molecule has 0 spiro atoms. The molecule has 1 aliphatic carbocycles. The summed E-state index contributed by atoms with van der Waals surface area (Å²) in [6, 6.07) is 6.80. The highest BCUT2D eigenvalue weighted by Gasteiger charge is 2.40. The van der Waals surface area contributed by atoms with Gasteiger partial charge >= 0.3 is 6.18 Å². The smallest absolute Gasteiger partial charge is 0.433 e. The van der Waals surface area contributed by atoms with Crippen molar-refractivity contribution in [3.8, 4) is 5.75 Å². The first-order valence-corrected chi connectivity index (χ1v) is 12.3. The lowest BCUT2D eigenvalue weighted by Gasteiger charge is -2.42. The van der Waals surface area contributed by atoms with Crippen LogP contribution < -0.4 is 10.1 Å². The van der Waals surface area contributed by atoms with Gasteiger partial charge in [-0.15, -0.1) is 0 Å². The number of hydrogen-bond donors (Lipinski definition) is 2. The molecular weight excluding hydrogens is 489 g/mol. The third-order valence-electron chi connectivity index (χ3n) is 7.09. The van der Waals surface area contributed by atoms with Crippen LogP contribution in [0.2, 0.25) is 0 Å². The minimum Gasteiger partial charge on any atom is -0.488 e. The van der Waals surface area contributed by atoms with E-state index in [4.69, 9.17) is 14.6 Å². The standard InChI is InChI=1S/C26H29F3N4O4/c1-25(2,35)16-11-17(12-16)33-14-15-10-21(22(13-20(15)32-33)37-18-6-8-36-9-7-18)31-24(34)19-4-3-5-23(30-19)26(27,28)29/h3-5,10,13-14,16-18,35H,6-9,11-12H2,1-2H3,(H,31,34). The van der Waals surface area contributed by atoms with Crippen molar-refractivity contribution in [2.24, 2.45) is 5.92 Å². The summed E-state index contributed by atoms with van der Waals surface area (Å²) in [4.78, 5) is 16.4. The van der Waals surface area contributed by atoms with Gasteiger partial charge in [0.25, 0.3) is 5.91 Å². The number of amides is 1. The average Bonchev–Trinajstić information content (AvgIpc) is 3.19. The highest BCUT2D eigenvalue weighted by molar-refractivity contribution is 6.05. The predicted octanol–water partition coefficient (Wildman–Crippen LogP) is 4.98. The fraction of sp³-hybridized carbons (Fsp3) is 0.500. The zero-order chi connectivity index (χ0) is 26.4. The van der Waals surface area contributed by atoms with Crippen LogP contribution in [0.1, 0.15) is 61.8 Å². The minimum atomic E-state index is -4.66. The van der Waals surface area contributed by atoms with Gasteiger partial charge in [0, 0.05) is 30.5 Å². The quantitative estimate of drug-likeness (QED) is 0.478. The minimum absolute atomic E-state index is 0.130. The number of nitrogens with zero attached hydrogens (tertiary/aromatic N) is 3. The molecule has 2 aromatic heterocycles. The molecule has 2 N–H and O–H groups in total. The predicted molar refractivity (Wildman–Crippen MR) is 129 cm³/mol. The molecule has 1 saturated carbocycles. The van der Waals surface area contributed by atoms with Gasteiger partial charge in [0.1, 0.15) is 23.2 Å². The van der Waals surface area contributed by atoms with E-state index >= 15 is 0 Å². The molecule has 2 aliphatic rings. The molecule has 5 rings (SSSR count). The van der Waals surface area contributed by atoms with Crippen molar-refractivity contribution in [2.45, 2.75) is 63.5 Å². The Bertz CT molecular complexity index is 1290. The molecule has 198 valence electrons. The average molecular weight is 519 g/mol. The molecule has 37 heavy (non-hydrogen) atoms. The molecule has 1 amide bonds. The van der Waals surface area contributed by atoms with E-state index in [9.17, 15) is 23.1 Å². The number of ether oxygens (including phenoxy) is 2. The monoisotopic (exact) mass is 518 g/mol. The summed E-state index contributed by atoms with van der Waals surface area (Å²) in [6.07, 6.45) is 0.0331. The van der Waals surface area contributed by atoms with Gasteiger partial charge in [0.05, 0.1) is 36.1 Å². The van der Waals surface area contributed by atoms with Crippen LogP contribution in [-0.4, -0.2) is 50.7 Å². The first-order valence-electron chi connectivity index (χ1n) is 12.3. The summed E-state index contributed by atoms with van der Waals surface area (Å²) < 4.78 is 52.8. The van der Waals surface area contributed by atoms with Crippen molar-refractivity contribution < 1.29 is 32.5 Å². The topological polar surface area (TPSA) is 98.5 Å². The maximum absolute atomic E-state index is 13.1. The largest absolute Gasteiger partial charge is 0.488 e. The third kappa shape index (κ3) is 5.57. The lowest BCUT2D eigenvalue weighted by atomic mass is 9.71. The lowest BCUT2D eigenvalue weighted by Crippen LogP contribution is -2.41. The number of alkyl halides is 3. The molecule has 1 aliphatic heterocycles. The molecule has 8 nitrogen and oxygen atoms in total. The van der Waals surface area contributed by atoms with Gasteiger partial charge in [0.15, 0.2) is 0 Å². The third-order valence-corrected chi connectivity index (χ3v) is 7.09. The van der Waals surface area contributed by atoms with E-state index < -0.39 is 23.4 Å². The van der Waals surface area contributed by atoms with Crippen LogP contribution in [-0.2, 0) is 10.9 Å². The van der Waals surface area contributed by atoms with E-state index in [0.29, 0.717) is 43.0 Å². The Labute approximate surface area is 211 Å². The number of carbonyl (C=O) groups is 1. The molecule has 2 fully saturated rings. The molecule has 1 aromatic carbocycles. The Morgan fingerprint density at radius 1 is 1.19 bits per heavy atom. The molecule has 0 bridgehead atoms. The summed E-state index contributed by atoms with van der Waals surface area (Å²) in [5.74, 6) is -0.207. The molecular formula is C26H29F3N4O4. The van der Waals surface area contributed by atoms with E-state index in [2.05, 4.69) is 10.3 Å². The Morgan fingerprint density at radius 2 is 1.92 bits per heavy atom. The molecule has 0 unspecified atom stereocenters. The van der Waals surface area contributed by atoms with E-state index in [1.165, 1.54) is 6.07 Å². The molecule has 0 radical (unpaired) electrons. The van der Waals surface area contributed by atoms with E-state index in [0.717, 1.165) is 30.4 Å². The molecule has 11 heteroatoms. The number of rotatable bonds is 6. The second-order valence-electron chi connectivity index (χ2n) is 10.3. The Kier molecular flexibility index (Phi) is 6.61. The van der Waals surface area contributed by atoms with Crippen LogP contribution in [0.5, 0.6) is 5.75 Å². The number of aliphatic hydroxyl groups is 1. The number of fused-ring (bicyclic) bond motifs is 1. The number of anilines is 1. The van der Waals surface area contributed by atoms with Gasteiger partial charge in [-0.25, -0.2) is 4.98 Å². The molecule has 1 saturated heterocycles. The second-order valence-corrected chi connectivity index (χ2v) is 10.3. The normalized spacial score (nSPS) is 21.0. The van der Waals surface area contributed by atoms with Crippen LogP contribution in [0.15, 0.2) is 36.5 Å². The number of carbonyl (C=O) groups excluding carboxylic acids is 1. The fourth-order valence-electron chi connectivity index (χ4n) is 4.71. The van der Waals surface area contributed by atoms with Crippen molar-refractivity contribution in [1.29, 1.82) is 0 Å². The molecule has 3 heterocycles. The second kappa shape index (κ2) is 9.60.